The Morgan fingerprint density at radius 1 is 1.25 bits per heavy atom. The van der Waals surface area contributed by atoms with Gasteiger partial charge in [0.25, 0.3) is 0 Å². The monoisotopic (exact) mass is 338 g/mol. The molecule has 1 N–H and O–H groups in total. The molecule has 1 aliphatic carbocycles. The maximum atomic E-state index is 12.9. The van der Waals surface area contributed by atoms with E-state index in [-0.39, 0.29) is 5.91 Å². The van der Waals surface area contributed by atoms with Crippen molar-refractivity contribution in [3.63, 3.8) is 0 Å². The number of nitrogens with one attached hydrogen (secondary N) is 1. The van der Waals surface area contributed by atoms with Gasteiger partial charge in [0.1, 0.15) is 0 Å². The third-order valence-corrected chi connectivity index (χ3v) is 5.69. The van der Waals surface area contributed by atoms with E-state index >= 15 is 0 Å². The Kier molecular flexibility index (Phi) is 3.53. The lowest BCUT2D eigenvalue weighted by Gasteiger charge is -2.15. The van der Waals surface area contributed by atoms with Crippen molar-refractivity contribution in [2.24, 2.45) is 0 Å². The first-order valence-corrected chi connectivity index (χ1v) is 8.87. The zero-order valence-electron chi connectivity index (χ0n) is 13.6. The molecule has 0 spiro atoms. The van der Waals surface area contributed by atoms with Crippen LogP contribution in [0.3, 0.4) is 0 Å². The Morgan fingerprint density at radius 2 is 2.08 bits per heavy atom. The highest BCUT2D eigenvalue weighted by Crippen LogP contribution is 2.49. The molecule has 122 valence electrons. The van der Waals surface area contributed by atoms with E-state index < -0.39 is 5.41 Å². The van der Waals surface area contributed by atoms with Crippen molar-refractivity contribution >= 4 is 22.9 Å². The number of hydrogen-bond acceptors (Lipinski definition) is 4. The Balaban J connectivity index is 1.59. The number of thiophene rings is 1. The van der Waals surface area contributed by atoms with Gasteiger partial charge >= 0.3 is 0 Å². The van der Waals surface area contributed by atoms with Gasteiger partial charge in [0.2, 0.25) is 5.91 Å². The van der Waals surface area contributed by atoms with E-state index in [1.165, 1.54) is 5.56 Å². The average molecular weight is 338 g/mol. The minimum Gasteiger partial charge on any atom is -0.355 e. The number of carbonyl (C=O) groups excluding carboxylic acids is 1. The van der Waals surface area contributed by atoms with Crippen molar-refractivity contribution in [3.8, 4) is 10.6 Å². The third kappa shape index (κ3) is 2.45. The third-order valence-electron chi connectivity index (χ3n) is 4.80. The lowest BCUT2D eigenvalue weighted by molar-refractivity contribution is -0.118. The van der Waals surface area contributed by atoms with E-state index in [4.69, 9.17) is 4.52 Å². The SMILES string of the molecule is Cc1cccc(NC(=O)C2(c3cc(-c4cccs4)on3)CC2)c1C. The first-order chi connectivity index (χ1) is 11.6. The fourth-order valence-corrected chi connectivity index (χ4v) is 3.56. The summed E-state index contributed by atoms with van der Waals surface area (Å²) < 4.78 is 5.46. The van der Waals surface area contributed by atoms with Crippen LogP contribution in [-0.2, 0) is 10.2 Å². The summed E-state index contributed by atoms with van der Waals surface area (Å²) >= 11 is 1.60. The van der Waals surface area contributed by atoms with Crippen molar-refractivity contribution in [3.05, 3.63) is 58.6 Å². The summed E-state index contributed by atoms with van der Waals surface area (Å²) in [5, 5.41) is 9.26. The standard InChI is InChI=1S/C19H18N2O2S/c1-12-5-3-6-14(13(12)2)20-18(22)19(8-9-19)17-11-15(23-21-17)16-7-4-10-24-16/h3-7,10-11H,8-9H2,1-2H3,(H,20,22). The number of aromatic nitrogens is 1. The summed E-state index contributed by atoms with van der Waals surface area (Å²) in [6.45, 7) is 4.07. The van der Waals surface area contributed by atoms with E-state index in [0.29, 0.717) is 0 Å². The van der Waals surface area contributed by atoms with E-state index in [2.05, 4.69) is 10.5 Å². The first-order valence-electron chi connectivity index (χ1n) is 7.99. The first kappa shape index (κ1) is 15.1. The topological polar surface area (TPSA) is 55.1 Å². The molecule has 1 fully saturated rings. The maximum Gasteiger partial charge on any atom is 0.236 e. The molecule has 2 heterocycles. The fraction of sp³-hybridized carbons (Fsp3) is 0.263. The van der Waals surface area contributed by atoms with Crippen LogP contribution in [0.5, 0.6) is 0 Å². The summed E-state index contributed by atoms with van der Waals surface area (Å²) in [5.74, 6) is 0.730. The number of aryl methyl sites for hydroxylation is 1. The second kappa shape index (κ2) is 5.60. The van der Waals surface area contributed by atoms with Gasteiger partial charge in [0, 0.05) is 11.8 Å². The highest BCUT2D eigenvalue weighted by Gasteiger charge is 2.54. The molecule has 0 atom stereocenters. The van der Waals surface area contributed by atoms with Crippen LogP contribution in [0.25, 0.3) is 10.6 Å². The van der Waals surface area contributed by atoms with Crippen molar-refractivity contribution in [2.75, 3.05) is 5.32 Å². The van der Waals surface area contributed by atoms with Gasteiger partial charge in [-0.2, -0.15) is 0 Å². The van der Waals surface area contributed by atoms with Gasteiger partial charge in [0.05, 0.1) is 16.0 Å². The minimum absolute atomic E-state index is 0.00206. The summed E-state index contributed by atoms with van der Waals surface area (Å²) in [6.07, 6.45) is 1.61. The Bertz CT molecular complexity index is 892. The molecule has 3 aromatic rings. The Morgan fingerprint density at radius 3 is 2.79 bits per heavy atom. The molecule has 0 radical (unpaired) electrons. The summed E-state index contributed by atoms with van der Waals surface area (Å²) in [6, 6.07) is 11.8. The fourth-order valence-electron chi connectivity index (χ4n) is 2.89. The van der Waals surface area contributed by atoms with Crippen molar-refractivity contribution in [1.82, 2.24) is 5.16 Å². The van der Waals surface area contributed by atoms with Crippen LogP contribution in [0.1, 0.15) is 29.7 Å². The molecule has 1 aromatic carbocycles. The molecule has 1 amide bonds. The molecule has 1 saturated carbocycles. The van der Waals surface area contributed by atoms with Gasteiger partial charge in [-0.1, -0.05) is 23.4 Å². The van der Waals surface area contributed by atoms with Gasteiger partial charge in [0.15, 0.2) is 5.76 Å². The molecular formula is C19H18N2O2S. The molecule has 2 aromatic heterocycles. The quantitative estimate of drug-likeness (QED) is 0.751. The zero-order chi connectivity index (χ0) is 16.7. The van der Waals surface area contributed by atoms with Crippen LogP contribution >= 0.6 is 11.3 Å². The summed E-state index contributed by atoms with van der Waals surface area (Å²) in [7, 11) is 0. The predicted octanol–water partition coefficient (Wildman–Crippen LogP) is 4.69. The molecule has 1 aliphatic rings. The largest absolute Gasteiger partial charge is 0.355 e. The van der Waals surface area contributed by atoms with Crippen LogP contribution in [-0.4, -0.2) is 11.1 Å². The zero-order valence-corrected chi connectivity index (χ0v) is 14.4. The highest BCUT2D eigenvalue weighted by molar-refractivity contribution is 7.13. The van der Waals surface area contributed by atoms with Crippen LogP contribution in [0.2, 0.25) is 0 Å². The number of carbonyl (C=O) groups is 1. The van der Waals surface area contributed by atoms with Gasteiger partial charge in [-0.25, -0.2) is 0 Å². The molecular weight excluding hydrogens is 320 g/mol. The second-order valence-corrected chi connectivity index (χ2v) is 7.29. The van der Waals surface area contributed by atoms with Crippen LogP contribution in [0.4, 0.5) is 5.69 Å². The van der Waals surface area contributed by atoms with E-state index in [1.807, 2.05) is 55.6 Å². The van der Waals surface area contributed by atoms with Gasteiger partial charge in [-0.05, 0) is 55.3 Å². The maximum absolute atomic E-state index is 12.9. The smallest absolute Gasteiger partial charge is 0.236 e. The van der Waals surface area contributed by atoms with Gasteiger partial charge in [-0.3, -0.25) is 4.79 Å². The lowest BCUT2D eigenvalue weighted by Crippen LogP contribution is -2.28. The summed E-state index contributed by atoms with van der Waals surface area (Å²) in [4.78, 5) is 13.9. The molecule has 5 heteroatoms. The van der Waals surface area contributed by atoms with E-state index in [9.17, 15) is 4.79 Å². The predicted molar refractivity (Wildman–Crippen MR) is 95.3 cm³/mol. The van der Waals surface area contributed by atoms with E-state index in [1.54, 1.807) is 11.3 Å². The molecule has 0 unspecified atom stereocenters. The van der Waals surface area contributed by atoms with Crippen molar-refractivity contribution in [1.29, 1.82) is 0 Å². The number of amides is 1. The number of rotatable bonds is 4. The number of nitrogens with zero attached hydrogens (tertiary/aromatic N) is 1. The molecule has 0 aliphatic heterocycles. The number of benzene rings is 1. The molecule has 4 nitrogen and oxygen atoms in total. The minimum atomic E-state index is -0.546. The van der Waals surface area contributed by atoms with Gasteiger partial charge in [-0.15, -0.1) is 11.3 Å². The lowest BCUT2D eigenvalue weighted by atomic mass is 10.00. The molecule has 0 bridgehead atoms. The Hall–Kier alpha value is -2.40. The molecule has 4 rings (SSSR count). The highest BCUT2D eigenvalue weighted by atomic mass is 32.1. The second-order valence-electron chi connectivity index (χ2n) is 6.34. The summed E-state index contributed by atoms with van der Waals surface area (Å²) in [5.41, 5.74) is 3.32. The van der Waals surface area contributed by atoms with Crippen molar-refractivity contribution < 1.29 is 9.32 Å². The number of hydrogen-bond donors (Lipinski definition) is 1. The van der Waals surface area contributed by atoms with Crippen LogP contribution < -0.4 is 5.32 Å². The van der Waals surface area contributed by atoms with Gasteiger partial charge < -0.3 is 9.84 Å². The normalized spacial score (nSPS) is 15.2. The van der Waals surface area contributed by atoms with Crippen LogP contribution in [0, 0.1) is 13.8 Å². The number of anilines is 1. The molecule has 24 heavy (non-hydrogen) atoms. The Labute approximate surface area is 144 Å². The molecule has 0 saturated heterocycles. The van der Waals surface area contributed by atoms with Crippen molar-refractivity contribution in [2.45, 2.75) is 32.1 Å². The average Bonchev–Trinajstić information content (AvgIpc) is 3.01. The van der Waals surface area contributed by atoms with Crippen LogP contribution in [0.15, 0.2) is 46.3 Å². The van der Waals surface area contributed by atoms with E-state index in [0.717, 1.165) is 40.4 Å².